The van der Waals surface area contributed by atoms with Gasteiger partial charge in [0.1, 0.15) is 5.75 Å². The Kier molecular flexibility index (Phi) is 5.15. The summed E-state index contributed by atoms with van der Waals surface area (Å²) in [5.41, 5.74) is 2.11. The van der Waals surface area contributed by atoms with Gasteiger partial charge in [0.2, 0.25) is 0 Å². The standard InChI is InChI=1S/C18H16O5/c1-12(2)18(20)23-15-7-4-13(5-8-15)14-6-9-16(22-11-19)17(10-14)21-3/h4-11H,1H2,2-3H3. The van der Waals surface area contributed by atoms with Gasteiger partial charge in [-0.1, -0.05) is 24.8 Å². The number of methoxy groups -OCH3 is 1. The lowest BCUT2D eigenvalue weighted by molar-refractivity contribution is -0.130. The van der Waals surface area contributed by atoms with Gasteiger partial charge in [0.15, 0.2) is 11.5 Å². The van der Waals surface area contributed by atoms with Crippen molar-refractivity contribution in [2.45, 2.75) is 6.92 Å². The third-order valence-electron chi connectivity index (χ3n) is 3.09. The van der Waals surface area contributed by atoms with Crippen molar-refractivity contribution in [3.05, 3.63) is 54.6 Å². The van der Waals surface area contributed by atoms with Gasteiger partial charge in [0, 0.05) is 5.57 Å². The molecule has 0 unspecified atom stereocenters. The molecule has 2 rings (SSSR count). The van der Waals surface area contributed by atoms with Crippen LogP contribution in [0, 0.1) is 0 Å². The zero-order valence-electron chi connectivity index (χ0n) is 12.9. The van der Waals surface area contributed by atoms with Crippen molar-refractivity contribution >= 4 is 12.4 Å². The van der Waals surface area contributed by atoms with Gasteiger partial charge in [-0.2, -0.15) is 0 Å². The van der Waals surface area contributed by atoms with Crippen LogP contribution in [0.4, 0.5) is 0 Å². The lowest BCUT2D eigenvalue weighted by atomic mass is 10.1. The molecule has 118 valence electrons. The van der Waals surface area contributed by atoms with Gasteiger partial charge >= 0.3 is 5.97 Å². The zero-order chi connectivity index (χ0) is 16.8. The Balaban J connectivity index is 2.23. The van der Waals surface area contributed by atoms with Crippen LogP contribution in [0.3, 0.4) is 0 Å². The summed E-state index contributed by atoms with van der Waals surface area (Å²) in [7, 11) is 1.50. The largest absolute Gasteiger partial charge is 0.493 e. The molecule has 0 radical (unpaired) electrons. The Bertz CT molecular complexity index is 732. The topological polar surface area (TPSA) is 61.8 Å². The molecule has 0 amide bonds. The van der Waals surface area contributed by atoms with Crippen LogP contribution in [-0.2, 0) is 9.59 Å². The van der Waals surface area contributed by atoms with Crippen LogP contribution >= 0.6 is 0 Å². The monoisotopic (exact) mass is 312 g/mol. The van der Waals surface area contributed by atoms with Crippen LogP contribution in [0.1, 0.15) is 6.92 Å². The molecule has 0 aromatic heterocycles. The van der Waals surface area contributed by atoms with E-state index in [1.54, 1.807) is 37.3 Å². The van der Waals surface area contributed by atoms with Crippen LogP contribution in [0.5, 0.6) is 17.2 Å². The molecule has 5 heteroatoms. The first-order valence-corrected chi connectivity index (χ1v) is 6.81. The number of esters is 1. The second-order valence-corrected chi connectivity index (χ2v) is 4.77. The van der Waals surface area contributed by atoms with Gasteiger partial charge in [-0.05, 0) is 42.3 Å². The summed E-state index contributed by atoms with van der Waals surface area (Å²) >= 11 is 0. The Hall–Kier alpha value is -3.08. The second-order valence-electron chi connectivity index (χ2n) is 4.77. The predicted molar refractivity (Wildman–Crippen MR) is 85.6 cm³/mol. The van der Waals surface area contributed by atoms with Crippen LogP contribution in [0.2, 0.25) is 0 Å². The predicted octanol–water partition coefficient (Wildman–Crippen LogP) is 3.38. The van der Waals surface area contributed by atoms with Crippen molar-refractivity contribution in [1.82, 2.24) is 0 Å². The van der Waals surface area contributed by atoms with Crippen LogP contribution in [0.25, 0.3) is 11.1 Å². The van der Waals surface area contributed by atoms with Crippen molar-refractivity contribution in [2.24, 2.45) is 0 Å². The van der Waals surface area contributed by atoms with E-state index in [0.717, 1.165) is 11.1 Å². The van der Waals surface area contributed by atoms with Crippen LogP contribution < -0.4 is 14.2 Å². The van der Waals surface area contributed by atoms with Crippen molar-refractivity contribution in [3.8, 4) is 28.4 Å². The highest BCUT2D eigenvalue weighted by atomic mass is 16.5. The fraction of sp³-hybridized carbons (Fsp3) is 0.111. The first kappa shape index (κ1) is 16.3. The molecule has 0 saturated heterocycles. The lowest BCUT2D eigenvalue weighted by Crippen LogP contribution is -2.07. The Morgan fingerprint density at radius 1 is 1.04 bits per heavy atom. The molecular formula is C18H16O5. The minimum Gasteiger partial charge on any atom is -0.493 e. The van der Waals surface area contributed by atoms with Crippen LogP contribution in [-0.4, -0.2) is 19.6 Å². The van der Waals surface area contributed by atoms with Crippen molar-refractivity contribution in [2.75, 3.05) is 7.11 Å². The molecule has 0 heterocycles. The Morgan fingerprint density at radius 2 is 1.70 bits per heavy atom. The average molecular weight is 312 g/mol. The number of carbonyl (C=O) groups excluding carboxylic acids is 2. The maximum atomic E-state index is 11.5. The number of hydrogen-bond donors (Lipinski definition) is 0. The number of hydrogen-bond acceptors (Lipinski definition) is 5. The molecule has 0 bridgehead atoms. The van der Waals surface area contributed by atoms with Gasteiger partial charge < -0.3 is 14.2 Å². The van der Waals surface area contributed by atoms with Gasteiger partial charge in [-0.15, -0.1) is 0 Å². The molecule has 0 N–H and O–H groups in total. The maximum Gasteiger partial charge on any atom is 0.338 e. The summed E-state index contributed by atoms with van der Waals surface area (Å²) in [5.74, 6) is 0.773. The van der Waals surface area contributed by atoms with Gasteiger partial charge in [0.05, 0.1) is 7.11 Å². The van der Waals surface area contributed by atoms with E-state index in [9.17, 15) is 9.59 Å². The summed E-state index contributed by atoms with van der Waals surface area (Å²) in [6.45, 7) is 5.47. The quantitative estimate of drug-likeness (QED) is 0.354. The molecule has 0 atom stereocenters. The van der Waals surface area contributed by atoms with E-state index in [1.807, 2.05) is 12.1 Å². The molecule has 5 nitrogen and oxygen atoms in total. The summed E-state index contributed by atoms with van der Waals surface area (Å²) < 4.78 is 15.2. The van der Waals surface area contributed by atoms with Crippen LogP contribution in [0.15, 0.2) is 54.6 Å². The van der Waals surface area contributed by atoms with Crippen molar-refractivity contribution in [3.63, 3.8) is 0 Å². The minimum absolute atomic E-state index is 0.338. The van der Waals surface area contributed by atoms with E-state index in [-0.39, 0.29) is 0 Å². The molecule has 23 heavy (non-hydrogen) atoms. The van der Waals surface area contributed by atoms with E-state index in [0.29, 0.717) is 29.3 Å². The third-order valence-corrected chi connectivity index (χ3v) is 3.09. The molecule has 0 aliphatic carbocycles. The number of benzene rings is 2. The second kappa shape index (κ2) is 7.26. The van der Waals surface area contributed by atoms with Gasteiger partial charge in [-0.25, -0.2) is 4.79 Å². The van der Waals surface area contributed by atoms with E-state index in [4.69, 9.17) is 14.2 Å². The molecule has 0 saturated carbocycles. The molecule has 0 spiro atoms. The Morgan fingerprint density at radius 3 is 2.26 bits per heavy atom. The van der Waals surface area contributed by atoms with E-state index in [1.165, 1.54) is 7.11 Å². The first-order valence-electron chi connectivity index (χ1n) is 6.81. The minimum atomic E-state index is -0.463. The average Bonchev–Trinajstić information content (AvgIpc) is 2.56. The first-order chi connectivity index (χ1) is 11.0. The van der Waals surface area contributed by atoms with E-state index >= 15 is 0 Å². The molecule has 0 aliphatic heterocycles. The molecule has 0 fully saturated rings. The molecule has 0 aliphatic rings. The zero-order valence-corrected chi connectivity index (χ0v) is 12.9. The highest BCUT2D eigenvalue weighted by Crippen LogP contribution is 2.32. The molecule has 2 aromatic carbocycles. The SMILES string of the molecule is C=C(C)C(=O)Oc1ccc(-c2ccc(OC=O)c(OC)c2)cc1. The number of carbonyl (C=O) groups is 2. The van der Waals surface area contributed by atoms with Gasteiger partial charge in [0.25, 0.3) is 6.47 Å². The van der Waals surface area contributed by atoms with E-state index < -0.39 is 5.97 Å². The summed E-state index contributed by atoms with van der Waals surface area (Å²) in [6, 6.07) is 12.2. The highest BCUT2D eigenvalue weighted by Gasteiger charge is 2.09. The number of rotatable bonds is 6. The third kappa shape index (κ3) is 3.97. The summed E-state index contributed by atoms with van der Waals surface area (Å²) in [4.78, 5) is 21.9. The molecular weight excluding hydrogens is 296 g/mol. The molecule has 2 aromatic rings. The lowest BCUT2D eigenvalue weighted by Gasteiger charge is -2.09. The summed E-state index contributed by atoms with van der Waals surface area (Å²) in [6.07, 6.45) is 0. The number of ether oxygens (including phenoxy) is 3. The van der Waals surface area contributed by atoms with Crippen molar-refractivity contribution in [1.29, 1.82) is 0 Å². The Labute approximate surface area is 134 Å². The maximum absolute atomic E-state index is 11.5. The fourth-order valence-electron chi connectivity index (χ4n) is 1.91. The van der Waals surface area contributed by atoms with Gasteiger partial charge in [-0.3, -0.25) is 4.79 Å². The fourth-order valence-corrected chi connectivity index (χ4v) is 1.91. The summed E-state index contributed by atoms with van der Waals surface area (Å²) in [5, 5.41) is 0. The van der Waals surface area contributed by atoms with Crippen molar-refractivity contribution < 1.29 is 23.8 Å². The van der Waals surface area contributed by atoms with E-state index in [2.05, 4.69) is 6.58 Å². The normalized spacial score (nSPS) is 9.83. The highest BCUT2D eigenvalue weighted by molar-refractivity contribution is 5.88. The smallest absolute Gasteiger partial charge is 0.338 e.